The molecular weight excluding hydrogens is 312 g/mol. The van der Waals surface area contributed by atoms with E-state index in [0.29, 0.717) is 20.0 Å². The molecule has 3 fully saturated rings. The van der Waals surface area contributed by atoms with Gasteiger partial charge >= 0.3 is 0 Å². The average Bonchev–Trinajstić information content (AvgIpc) is 3.35. The normalized spacial score (nSPS) is 69.0. The predicted molar refractivity (Wildman–Crippen MR) is 92.7 cm³/mol. The molecule has 1 aliphatic heterocycles. The number of fused-ring (bicyclic) bond motifs is 2. The van der Waals surface area contributed by atoms with Crippen LogP contribution in [0, 0.1) is 47.3 Å². The Morgan fingerprint density at radius 3 is 1.29 bits per heavy atom. The molecule has 4 bridgehead atoms. The molecule has 3 heteroatoms. The lowest BCUT2D eigenvalue weighted by atomic mass is 9.90. The Bertz CT molecular complexity index is 593. The highest BCUT2D eigenvalue weighted by Gasteiger charge is 2.76. The third-order valence-corrected chi connectivity index (χ3v) is 13.9. The van der Waals surface area contributed by atoms with E-state index in [9.17, 15) is 0 Å². The quantitative estimate of drug-likeness (QED) is 0.465. The molecule has 6 aliphatic carbocycles. The number of hydrogen-bond acceptors (Lipinski definition) is 3. The molecule has 0 nitrogen and oxygen atoms in total. The zero-order chi connectivity index (χ0) is 13.4. The van der Waals surface area contributed by atoms with Crippen LogP contribution in [0.2, 0.25) is 0 Å². The van der Waals surface area contributed by atoms with Gasteiger partial charge in [0.2, 0.25) is 0 Å². The van der Waals surface area contributed by atoms with E-state index in [-0.39, 0.29) is 0 Å². The van der Waals surface area contributed by atoms with Crippen molar-refractivity contribution < 1.29 is 0 Å². The molecule has 0 aromatic rings. The van der Waals surface area contributed by atoms with Crippen LogP contribution in [0.5, 0.6) is 0 Å². The summed E-state index contributed by atoms with van der Waals surface area (Å²) in [5.74, 6) is 6.62. The van der Waals surface area contributed by atoms with Crippen LogP contribution in [-0.2, 0) is 0 Å². The summed E-state index contributed by atoms with van der Waals surface area (Å²) >= 11 is 2.40. The van der Waals surface area contributed by atoms with Crippen LogP contribution < -0.4 is 0 Å². The van der Waals surface area contributed by atoms with Crippen molar-refractivity contribution in [1.82, 2.24) is 0 Å². The van der Waals surface area contributed by atoms with Crippen LogP contribution in [-0.4, -0.2) is 8.16 Å². The van der Waals surface area contributed by atoms with Gasteiger partial charge in [-0.25, -0.2) is 0 Å². The second-order valence-electron chi connectivity index (χ2n) is 7.66. The van der Waals surface area contributed by atoms with Crippen molar-refractivity contribution in [3.05, 3.63) is 48.6 Å². The second kappa shape index (κ2) is 3.27. The van der Waals surface area contributed by atoms with Gasteiger partial charge in [0.05, 0.1) is 8.16 Å². The maximum absolute atomic E-state index is 2.53. The minimum absolute atomic E-state index is 0.454. The van der Waals surface area contributed by atoms with Gasteiger partial charge in [-0.2, -0.15) is 0 Å². The largest absolute Gasteiger partial charge is 0.122 e. The number of hydrogen-bond donors (Lipinski definition) is 0. The molecule has 106 valence electrons. The first-order chi connectivity index (χ1) is 10.3. The van der Waals surface area contributed by atoms with E-state index in [1.807, 2.05) is 0 Å². The minimum atomic E-state index is 0.454. The first kappa shape index (κ1) is 11.5. The molecule has 1 heterocycles. The van der Waals surface area contributed by atoms with Crippen molar-refractivity contribution in [2.45, 2.75) is 8.16 Å². The Kier molecular flexibility index (Phi) is 1.80. The summed E-state index contributed by atoms with van der Waals surface area (Å²) in [5, 5.41) is 0. The molecular formula is C18H16S3. The first-order valence-corrected chi connectivity index (χ1v) is 11.1. The SMILES string of the molecule is C1=C[C@H]2C3[C@@H]2C=CC1[C@@]31SS[C@@]2(S1)C1C=C[C@H]3C2[C@@H]3C=C1. The van der Waals surface area contributed by atoms with Crippen LogP contribution in [0.1, 0.15) is 0 Å². The van der Waals surface area contributed by atoms with Gasteiger partial charge in [0.1, 0.15) is 0 Å². The lowest BCUT2D eigenvalue weighted by molar-refractivity contribution is 0.517. The molecule has 0 amide bonds. The molecule has 0 aromatic heterocycles. The van der Waals surface area contributed by atoms with Gasteiger partial charge in [-0.3, -0.25) is 0 Å². The van der Waals surface area contributed by atoms with Gasteiger partial charge in [0.25, 0.3) is 0 Å². The maximum Gasteiger partial charge on any atom is 0.0865 e. The van der Waals surface area contributed by atoms with Crippen LogP contribution >= 0.6 is 33.3 Å². The topological polar surface area (TPSA) is 0 Å². The Morgan fingerprint density at radius 1 is 0.524 bits per heavy atom. The molecule has 0 unspecified atom stereocenters. The van der Waals surface area contributed by atoms with Crippen molar-refractivity contribution in [1.29, 1.82) is 0 Å². The van der Waals surface area contributed by atoms with Gasteiger partial charge < -0.3 is 0 Å². The summed E-state index contributed by atoms with van der Waals surface area (Å²) in [6, 6.07) is 0. The second-order valence-corrected chi connectivity index (χ2v) is 12.4. The average molecular weight is 329 g/mol. The molecule has 2 saturated carbocycles. The fraction of sp³-hybridized carbons (Fsp3) is 0.556. The first-order valence-electron chi connectivity index (χ1n) is 8.14. The van der Waals surface area contributed by atoms with Crippen molar-refractivity contribution in [3.8, 4) is 0 Å². The molecule has 1 saturated heterocycles. The predicted octanol–water partition coefficient (Wildman–Crippen LogP) is 4.74. The third kappa shape index (κ3) is 1.09. The highest BCUT2D eigenvalue weighted by atomic mass is 33.1. The molecule has 21 heavy (non-hydrogen) atoms. The summed E-state index contributed by atoms with van der Waals surface area (Å²) < 4.78 is 0.908. The van der Waals surface area contributed by atoms with Crippen molar-refractivity contribution in [2.75, 3.05) is 0 Å². The van der Waals surface area contributed by atoms with Crippen molar-refractivity contribution in [3.63, 3.8) is 0 Å². The van der Waals surface area contributed by atoms with Gasteiger partial charge in [0, 0.05) is 11.8 Å². The number of allylic oxidation sites excluding steroid dienone is 8. The number of thioether (sulfide) groups is 1. The zero-order valence-corrected chi connectivity index (χ0v) is 13.9. The van der Waals surface area contributed by atoms with Crippen LogP contribution in [0.25, 0.3) is 0 Å². The Labute approximate surface area is 137 Å². The zero-order valence-electron chi connectivity index (χ0n) is 11.5. The number of rotatable bonds is 0. The summed E-state index contributed by atoms with van der Waals surface area (Å²) in [7, 11) is 4.53. The van der Waals surface area contributed by atoms with Gasteiger partial charge in [-0.15, -0.1) is 11.8 Å². The molecule has 7 rings (SSSR count). The van der Waals surface area contributed by atoms with Crippen molar-refractivity contribution >= 4 is 33.3 Å². The summed E-state index contributed by atoms with van der Waals surface area (Å²) in [4.78, 5) is 0. The van der Waals surface area contributed by atoms with Crippen LogP contribution in [0.4, 0.5) is 0 Å². The molecule has 0 radical (unpaired) electrons. The lowest BCUT2D eigenvalue weighted by Crippen LogP contribution is -2.40. The Morgan fingerprint density at radius 2 is 0.905 bits per heavy atom. The monoisotopic (exact) mass is 328 g/mol. The van der Waals surface area contributed by atoms with Gasteiger partial charge in [0.15, 0.2) is 0 Å². The van der Waals surface area contributed by atoms with E-state index in [4.69, 9.17) is 0 Å². The minimum Gasteiger partial charge on any atom is -0.122 e. The molecule has 2 spiro atoms. The maximum atomic E-state index is 2.53. The van der Waals surface area contributed by atoms with Gasteiger partial charge in [-0.05, 0) is 35.5 Å². The Hall–Kier alpha value is 0.01000. The molecule has 0 N–H and O–H groups in total. The summed E-state index contributed by atoms with van der Waals surface area (Å²) in [6.07, 6.45) is 20.2. The van der Waals surface area contributed by atoms with E-state index in [1.165, 1.54) is 0 Å². The smallest absolute Gasteiger partial charge is 0.0865 e. The van der Waals surface area contributed by atoms with Crippen molar-refractivity contribution in [2.24, 2.45) is 47.3 Å². The lowest BCUT2D eigenvalue weighted by Gasteiger charge is -2.42. The van der Waals surface area contributed by atoms with Crippen LogP contribution in [0.3, 0.4) is 0 Å². The van der Waals surface area contributed by atoms with E-state index in [2.05, 4.69) is 82.0 Å². The van der Waals surface area contributed by atoms with E-state index in [1.54, 1.807) is 0 Å². The highest BCUT2D eigenvalue weighted by Crippen LogP contribution is 2.85. The van der Waals surface area contributed by atoms with Crippen LogP contribution in [0.15, 0.2) is 48.6 Å². The Balaban J connectivity index is 1.37. The molecule has 7 aliphatic rings. The highest BCUT2D eigenvalue weighted by molar-refractivity contribution is 8.83. The fourth-order valence-corrected chi connectivity index (χ4v) is 14.0. The molecule has 0 aromatic carbocycles. The summed E-state index contributed by atoms with van der Waals surface area (Å²) in [6.45, 7) is 0. The fourth-order valence-electron chi connectivity index (χ4n) is 5.79. The standard InChI is InChI=1S/C18H16S3/c1-5-11-12-6-2-9(1)17(15(11)12)19-18(21-20-17)10-3-7-13-14(8-4-10)16(13)18/h1-16H/t9?,10?,11-,12-,13-,14-,15?,16?,17-,18+/m1/s1. The van der Waals surface area contributed by atoms with E-state index < -0.39 is 0 Å². The molecule has 6 atom stereocenters. The van der Waals surface area contributed by atoms with Gasteiger partial charge in [-0.1, -0.05) is 70.2 Å². The third-order valence-electron chi connectivity index (χ3n) is 6.91. The summed E-state index contributed by atoms with van der Waals surface area (Å²) in [5.41, 5.74) is 0. The van der Waals surface area contributed by atoms with E-state index in [0.717, 1.165) is 35.5 Å². The van der Waals surface area contributed by atoms with E-state index >= 15 is 0 Å².